The van der Waals surface area contributed by atoms with Crippen molar-refractivity contribution in [2.45, 2.75) is 6.61 Å². The molecule has 6 heteroatoms. The van der Waals surface area contributed by atoms with Crippen LogP contribution in [0.25, 0.3) is 0 Å². The summed E-state index contributed by atoms with van der Waals surface area (Å²) in [6.07, 6.45) is 4.48. The van der Waals surface area contributed by atoms with Crippen LogP contribution < -0.4 is 4.74 Å². The van der Waals surface area contributed by atoms with Gasteiger partial charge in [-0.1, -0.05) is 0 Å². The fraction of sp³-hybridized carbons (Fsp3) is 0.0909. The second-order valence-corrected chi connectivity index (χ2v) is 4.11. The van der Waals surface area contributed by atoms with Crippen LogP contribution in [-0.4, -0.2) is 16.1 Å². The smallest absolute Gasteiger partial charge is 0.339 e. The van der Waals surface area contributed by atoms with Crippen molar-refractivity contribution in [2.75, 3.05) is 0 Å². The van der Waals surface area contributed by atoms with E-state index in [9.17, 15) is 4.79 Å². The standard InChI is InChI=1S/C11H8BrNO4/c12-7-3-8(5-13-4-7)17-6-10-9(11(14)15)1-2-16-10/h1-5H,6H2,(H,14,15). The molecule has 0 unspecified atom stereocenters. The van der Waals surface area contributed by atoms with Crippen LogP contribution in [0.4, 0.5) is 0 Å². The van der Waals surface area contributed by atoms with Crippen LogP contribution in [0.3, 0.4) is 0 Å². The Hall–Kier alpha value is -1.82. The van der Waals surface area contributed by atoms with Crippen LogP contribution in [-0.2, 0) is 6.61 Å². The van der Waals surface area contributed by atoms with E-state index < -0.39 is 5.97 Å². The Morgan fingerprint density at radius 1 is 1.53 bits per heavy atom. The van der Waals surface area contributed by atoms with Gasteiger partial charge in [0.1, 0.15) is 17.9 Å². The summed E-state index contributed by atoms with van der Waals surface area (Å²) < 4.78 is 11.2. The first-order chi connectivity index (χ1) is 8.16. The van der Waals surface area contributed by atoms with Crippen molar-refractivity contribution in [1.82, 2.24) is 4.98 Å². The lowest BCUT2D eigenvalue weighted by Crippen LogP contribution is -2.02. The summed E-state index contributed by atoms with van der Waals surface area (Å²) in [6.45, 7) is 0.0484. The summed E-state index contributed by atoms with van der Waals surface area (Å²) in [5.74, 6) is -0.227. The summed E-state index contributed by atoms with van der Waals surface area (Å²) in [7, 11) is 0. The van der Waals surface area contributed by atoms with E-state index in [2.05, 4.69) is 20.9 Å². The molecule has 0 aromatic carbocycles. The number of nitrogens with zero attached hydrogens (tertiary/aromatic N) is 1. The molecule has 0 bridgehead atoms. The first-order valence-electron chi connectivity index (χ1n) is 4.70. The van der Waals surface area contributed by atoms with Gasteiger partial charge in [0.15, 0.2) is 5.76 Å². The number of pyridine rings is 1. The highest BCUT2D eigenvalue weighted by Crippen LogP contribution is 2.18. The lowest BCUT2D eigenvalue weighted by molar-refractivity contribution is 0.0692. The molecule has 2 aromatic rings. The van der Waals surface area contributed by atoms with E-state index in [0.29, 0.717) is 5.75 Å². The molecule has 0 fully saturated rings. The SMILES string of the molecule is O=C(O)c1ccoc1COc1cncc(Br)c1. The highest BCUT2D eigenvalue weighted by Gasteiger charge is 2.13. The Morgan fingerprint density at radius 3 is 3.06 bits per heavy atom. The number of halogens is 1. The number of carboxylic acids is 1. The van der Waals surface area contributed by atoms with Crippen LogP contribution in [0.1, 0.15) is 16.1 Å². The van der Waals surface area contributed by atoms with Crippen LogP contribution in [0.15, 0.2) is 39.7 Å². The Bertz CT molecular complexity index is 538. The number of aromatic nitrogens is 1. The van der Waals surface area contributed by atoms with Crippen LogP contribution in [0, 0.1) is 0 Å². The predicted octanol–water partition coefficient (Wildman–Crippen LogP) is 2.71. The summed E-state index contributed by atoms with van der Waals surface area (Å²) in [5, 5.41) is 8.86. The number of aromatic carboxylic acids is 1. The van der Waals surface area contributed by atoms with E-state index in [0.717, 1.165) is 4.47 Å². The molecular formula is C11H8BrNO4. The van der Waals surface area contributed by atoms with Crippen LogP contribution in [0.5, 0.6) is 5.75 Å². The number of hydrogen-bond acceptors (Lipinski definition) is 4. The maximum atomic E-state index is 10.8. The van der Waals surface area contributed by atoms with Crippen molar-refractivity contribution in [3.63, 3.8) is 0 Å². The molecule has 0 atom stereocenters. The Kier molecular flexibility index (Phi) is 3.43. The van der Waals surface area contributed by atoms with Crippen molar-refractivity contribution in [1.29, 1.82) is 0 Å². The van der Waals surface area contributed by atoms with Gasteiger partial charge in [-0.2, -0.15) is 0 Å². The molecule has 1 N–H and O–H groups in total. The lowest BCUT2D eigenvalue weighted by atomic mass is 10.2. The topological polar surface area (TPSA) is 72.6 Å². The molecule has 0 spiro atoms. The molecule has 2 aromatic heterocycles. The number of furan rings is 1. The minimum absolute atomic E-state index is 0.0484. The van der Waals surface area contributed by atoms with E-state index in [1.807, 2.05) is 0 Å². The number of rotatable bonds is 4. The summed E-state index contributed by atoms with van der Waals surface area (Å²) in [4.78, 5) is 14.7. The summed E-state index contributed by atoms with van der Waals surface area (Å²) in [5.41, 5.74) is 0.105. The number of ether oxygens (including phenoxy) is 1. The minimum atomic E-state index is -1.04. The fourth-order valence-corrected chi connectivity index (χ4v) is 1.61. The molecular weight excluding hydrogens is 290 g/mol. The number of carboxylic acid groups (broad SMARTS) is 1. The minimum Gasteiger partial charge on any atom is -0.484 e. The quantitative estimate of drug-likeness (QED) is 0.939. The van der Waals surface area contributed by atoms with Crippen molar-refractivity contribution >= 4 is 21.9 Å². The molecule has 0 aliphatic heterocycles. The first-order valence-corrected chi connectivity index (χ1v) is 5.49. The zero-order valence-corrected chi connectivity index (χ0v) is 10.2. The Labute approximate surface area is 105 Å². The third kappa shape index (κ3) is 2.85. The van der Waals surface area contributed by atoms with E-state index in [1.54, 1.807) is 12.3 Å². The third-order valence-corrected chi connectivity index (χ3v) is 2.46. The van der Waals surface area contributed by atoms with Crippen molar-refractivity contribution in [2.24, 2.45) is 0 Å². The second-order valence-electron chi connectivity index (χ2n) is 3.19. The van der Waals surface area contributed by atoms with Crippen LogP contribution >= 0.6 is 15.9 Å². The molecule has 2 rings (SSSR count). The van der Waals surface area contributed by atoms with E-state index >= 15 is 0 Å². The molecule has 5 nitrogen and oxygen atoms in total. The summed E-state index contributed by atoms with van der Waals surface area (Å²) in [6, 6.07) is 3.12. The molecule has 2 heterocycles. The van der Waals surface area contributed by atoms with Gasteiger partial charge in [-0.25, -0.2) is 4.79 Å². The highest BCUT2D eigenvalue weighted by molar-refractivity contribution is 9.10. The van der Waals surface area contributed by atoms with Gasteiger partial charge in [0, 0.05) is 10.7 Å². The molecule has 0 saturated heterocycles. The monoisotopic (exact) mass is 297 g/mol. The largest absolute Gasteiger partial charge is 0.484 e. The molecule has 0 amide bonds. The Balaban J connectivity index is 2.07. The fourth-order valence-electron chi connectivity index (χ4n) is 1.26. The maximum absolute atomic E-state index is 10.8. The zero-order valence-electron chi connectivity index (χ0n) is 8.59. The van der Waals surface area contributed by atoms with Crippen molar-refractivity contribution in [3.05, 3.63) is 46.6 Å². The lowest BCUT2D eigenvalue weighted by Gasteiger charge is -2.04. The van der Waals surface area contributed by atoms with Gasteiger partial charge in [0.25, 0.3) is 0 Å². The average molecular weight is 298 g/mol. The molecule has 0 radical (unpaired) electrons. The number of hydrogen-bond donors (Lipinski definition) is 1. The summed E-state index contributed by atoms with van der Waals surface area (Å²) >= 11 is 3.26. The van der Waals surface area contributed by atoms with Gasteiger partial charge in [-0.05, 0) is 28.1 Å². The van der Waals surface area contributed by atoms with Crippen molar-refractivity contribution < 1.29 is 19.1 Å². The van der Waals surface area contributed by atoms with Crippen molar-refractivity contribution in [3.8, 4) is 5.75 Å². The molecule has 88 valence electrons. The first kappa shape index (κ1) is 11.7. The molecule has 0 aliphatic rings. The van der Waals surface area contributed by atoms with Gasteiger partial charge >= 0.3 is 5.97 Å². The van der Waals surface area contributed by atoms with Gasteiger partial charge in [0.2, 0.25) is 0 Å². The molecule has 0 aliphatic carbocycles. The predicted molar refractivity (Wildman–Crippen MR) is 61.9 cm³/mol. The average Bonchev–Trinajstić information content (AvgIpc) is 2.74. The van der Waals surface area contributed by atoms with E-state index in [4.69, 9.17) is 14.3 Å². The normalized spacial score (nSPS) is 10.2. The Morgan fingerprint density at radius 2 is 2.35 bits per heavy atom. The van der Waals surface area contributed by atoms with Gasteiger partial charge < -0.3 is 14.3 Å². The number of carbonyl (C=O) groups is 1. The second kappa shape index (κ2) is 5.01. The highest BCUT2D eigenvalue weighted by atomic mass is 79.9. The van der Waals surface area contributed by atoms with Crippen LogP contribution in [0.2, 0.25) is 0 Å². The van der Waals surface area contributed by atoms with E-state index in [-0.39, 0.29) is 17.9 Å². The van der Waals surface area contributed by atoms with Gasteiger partial charge in [-0.15, -0.1) is 0 Å². The molecule has 17 heavy (non-hydrogen) atoms. The third-order valence-electron chi connectivity index (χ3n) is 2.03. The zero-order chi connectivity index (χ0) is 12.3. The maximum Gasteiger partial charge on any atom is 0.339 e. The van der Waals surface area contributed by atoms with Gasteiger partial charge in [0.05, 0.1) is 12.5 Å². The van der Waals surface area contributed by atoms with Gasteiger partial charge in [-0.3, -0.25) is 4.98 Å². The molecule has 0 saturated carbocycles. The van der Waals surface area contributed by atoms with E-state index in [1.165, 1.54) is 18.5 Å².